The van der Waals surface area contributed by atoms with Gasteiger partial charge in [0.1, 0.15) is 5.75 Å². The van der Waals surface area contributed by atoms with Gasteiger partial charge in [0.05, 0.1) is 12.0 Å². The number of carbonyl (C=O) groups is 3. The van der Waals surface area contributed by atoms with Crippen LogP contribution >= 0.6 is 0 Å². The van der Waals surface area contributed by atoms with E-state index in [1.165, 1.54) is 0 Å². The van der Waals surface area contributed by atoms with Crippen molar-refractivity contribution in [3.63, 3.8) is 0 Å². The minimum absolute atomic E-state index is 0.00723. The van der Waals surface area contributed by atoms with Crippen molar-refractivity contribution in [2.24, 2.45) is 5.92 Å². The lowest BCUT2D eigenvalue weighted by molar-refractivity contribution is -0.137. The Balaban J connectivity index is 1.30. The summed E-state index contributed by atoms with van der Waals surface area (Å²) in [6, 6.07) is 18.7. The van der Waals surface area contributed by atoms with Crippen molar-refractivity contribution < 1.29 is 19.1 Å². The quantitative estimate of drug-likeness (QED) is 0.761. The molecule has 2 aromatic carbocycles. The molecule has 2 saturated heterocycles. The van der Waals surface area contributed by atoms with E-state index in [0.29, 0.717) is 38.5 Å². The highest BCUT2D eigenvalue weighted by Crippen LogP contribution is 2.29. The molecule has 0 radical (unpaired) electrons. The average molecular weight is 421 g/mol. The summed E-state index contributed by atoms with van der Waals surface area (Å²) in [5, 5.41) is 0. The Morgan fingerprint density at radius 2 is 1.48 bits per heavy atom. The summed E-state index contributed by atoms with van der Waals surface area (Å²) in [6.07, 6.45) is -0.163. The van der Waals surface area contributed by atoms with E-state index in [2.05, 4.69) is 0 Å². The van der Waals surface area contributed by atoms with Crippen LogP contribution in [0.2, 0.25) is 0 Å². The third-order valence-corrected chi connectivity index (χ3v) is 6.06. The number of para-hydroxylation sites is 1. The normalized spacial score (nSPS) is 20.0. The Hall–Kier alpha value is -3.35. The third-order valence-electron chi connectivity index (χ3n) is 6.06. The number of benzene rings is 2. The van der Waals surface area contributed by atoms with Crippen LogP contribution in [0.1, 0.15) is 24.9 Å². The maximum atomic E-state index is 13.0. The van der Waals surface area contributed by atoms with Crippen LogP contribution in [0.15, 0.2) is 60.7 Å². The van der Waals surface area contributed by atoms with Gasteiger partial charge in [0.25, 0.3) is 0 Å². The molecule has 0 saturated carbocycles. The van der Waals surface area contributed by atoms with Gasteiger partial charge in [0.15, 0.2) is 0 Å². The van der Waals surface area contributed by atoms with Crippen LogP contribution in [0.4, 0.5) is 4.79 Å². The van der Waals surface area contributed by atoms with Crippen LogP contribution < -0.4 is 4.74 Å². The second-order valence-electron chi connectivity index (χ2n) is 8.03. The van der Waals surface area contributed by atoms with Crippen molar-refractivity contribution >= 4 is 17.9 Å². The van der Waals surface area contributed by atoms with E-state index in [0.717, 1.165) is 5.56 Å². The van der Waals surface area contributed by atoms with Crippen molar-refractivity contribution in [2.45, 2.75) is 19.4 Å². The zero-order valence-corrected chi connectivity index (χ0v) is 17.6. The molecule has 4 rings (SSSR count). The Morgan fingerprint density at radius 1 is 0.903 bits per heavy atom. The molecule has 0 bridgehead atoms. The van der Waals surface area contributed by atoms with Gasteiger partial charge in [-0.3, -0.25) is 9.59 Å². The first kappa shape index (κ1) is 20.9. The highest BCUT2D eigenvalue weighted by Gasteiger charge is 2.39. The number of likely N-dealkylation sites (tertiary alicyclic amines) is 1. The molecule has 0 N–H and O–H groups in total. The van der Waals surface area contributed by atoms with E-state index in [1.807, 2.05) is 55.5 Å². The largest absolute Gasteiger partial charge is 0.415 e. The van der Waals surface area contributed by atoms with Gasteiger partial charge in [-0.25, -0.2) is 4.79 Å². The number of hydrogen-bond acceptors (Lipinski definition) is 4. The van der Waals surface area contributed by atoms with Crippen LogP contribution in [-0.2, 0) is 9.59 Å². The summed E-state index contributed by atoms with van der Waals surface area (Å²) in [6.45, 7) is 4.16. The SMILES string of the molecule is CC(c1ccccc1)N1CC(C(=O)N2CCN(C(=O)Oc3ccccc3)CC2)CC1=O. The van der Waals surface area contributed by atoms with E-state index in [-0.39, 0.29) is 30.2 Å². The Kier molecular flexibility index (Phi) is 6.21. The molecule has 2 fully saturated rings. The minimum Gasteiger partial charge on any atom is -0.410 e. The van der Waals surface area contributed by atoms with Crippen LogP contribution in [0.3, 0.4) is 0 Å². The van der Waals surface area contributed by atoms with Gasteiger partial charge in [-0.2, -0.15) is 0 Å². The van der Waals surface area contributed by atoms with Crippen LogP contribution in [0.25, 0.3) is 0 Å². The fraction of sp³-hybridized carbons (Fsp3) is 0.375. The predicted molar refractivity (Wildman–Crippen MR) is 115 cm³/mol. The molecule has 162 valence electrons. The molecule has 2 atom stereocenters. The van der Waals surface area contributed by atoms with E-state index < -0.39 is 6.09 Å². The Morgan fingerprint density at radius 3 is 2.13 bits per heavy atom. The molecule has 31 heavy (non-hydrogen) atoms. The van der Waals surface area contributed by atoms with E-state index in [4.69, 9.17) is 4.74 Å². The molecule has 0 spiro atoms. The second-order valence-corrected chi connectivity index (χ2v) is 8.03. The third kappa shape index (κ3) is 4.71. The Bertz CT molecular complexity index is 926. The first-order valence-electron chi connectivity index (χ1n) is 10.7. The lowest BCUT2D eigenvalue weighted by atomic mass is 10.1. The zero-order valence-electron chi connectivity index (χ0n) is 17.6. The number of nitrogens with zero attached hydrogens (tertiary/aromatic N) is 3. The highest BCUT2D eigenvalue weighted by atomic mass is 16.6. The molecular weight excluding hydrogens is 394 g/mol. The van der Waals surface area contributed by atoms with E-state index in [9.17, 15) is 14.4 Å². The zero-order chi connectivity index (χ0) is 21.8. The second kappa shape index (κ2) is 9.20. The number of amides is 3. The monoisotopic (exact) mass is 421 g/mol. The van der Waals surface area contributed by atoms with Gasteiger partial charge in [-0.15, -0.1) is 0 Å². The van der Waals surface area contributed by atoms with Crippen LogP contribution in [0, 0.1) is 5.92 Å². The van der Waals surface area contributed by atoms with Crippen molar-refractivity contribution in [1.82, 2.24) is 14.7 Å². The fourth-order valence-corrected chi connectivity index (χ4v) is 4.20. The highest BCUT2D eigenvalue weighted by molar-refractivity contribution is 5.89. The van der Waals surface area contributed by atoms with Crippen LogP contribution in [0.5, 0.6) is 5.75 Å². The standard InChI is InChI=1S/C24H27N3O4/c1-18(19-8-4-2-5-9-19)27-17-20(16-22(27)28)23(29)25-12-14-26(15-13-25)24(30)31-21-10-6-3-7-11-21/h2-11,18,20H,12-17H2,1H3. The molecule has 0 aromatic heterocycles. The molecule has 0 aliphatic carbocycles. The molecule has 7 heteroatoms. The molecule has 7 nitrogen and oxygen atoms in total. The van der Waals surface area contributed by atoms with Crippen molar-refractivity contribution in [1.29, 1.82) is 0 Å². The van der Waals surface area contributed by atoms with Gasteiger partial charge < -0.3 is 19.4 Å². The van der Waals surface area contributed by atoms with Crippen molar-refractivity contribution in [3.05, 3.63) is 66.2 Å². The number of ether oxygens (including phenoxy) is 1. The lowest BCUT2D eigenvalue weighted by Crippen LogP contribution is -2.52. The molecule has 2 heterocycles. The molecule has 3 amide bonds. The number of piperazine rings is 1. The Labute approximate surface area is 182 Å². The van der Waals surface area contributed by atoms with E-state index >= 15 is 0 Å². The summed E-state index contributed by atoms with van der Waals surface area (Å²) in [5.74, 6) is 0.177. The summed E-state index contributed by atoms with van der Waals surface area (Å²) in [7, 11) is 0. The number of rotatable bonds is 4. The van der Waals surface area contributed by atoms with Gasteiger partial charge in [0.2, 0.25) is 11.8 Å². The number of hydrogen-bond donors (Lipinski definition) is 0. The molecule has 2 aliphatic rings. The van der Waals surface area contributed by atoms with Gasteiger partial charge in [-0.1, -0.05) is 48.5 Å². The van der Waals surface area contributed by atoms with Crippen molar-refractivity contribution in [2.75, 3.05) is 32.7 Å². The summed E-state index contributed by atoms with van der Waals surface area (Å²) in [4.78, 5) is 43.1. The molecule has 2 aliphatic heterocycles. The minimum atomic E-state index is -0.405. The molecule has 2 aromatic rings. The summed E-state index contributed by atoms with van der Waals surface area (Å²) >= 11 is 0. The molecule has 2 unspecified atom stereocenters. The molecular formula is C24H27N3O4. The van der Waals surface area contributed by atoms with Gasteiger partial charge in [0, 0.05) is 39.1 Å². The number of carbonyl (C=O) groups excluding carboxylic acids is 3. The van der Waals surface area contributed by atoms with E-state index in [1.54, 1.807) is 26.8 Å². The first-order valence-corrected chi connectivity index (χ1v) is 10.7. The van der Waals surface area contributed by atoms with Crippen molar-refractivity contribution in [3.8, 4) is 5.75 Å². The summed E-state index contributed by atoms with van der Waals surface area (Å²) < 4.78 is 5.38. The maximum Gasteiger partial charge on any atom is 0.415 e. The fourth-order valence-electron chi connectivity index (χ4n) is 4.20. The first-order chi connectivity index (χ1) is 15.0. The maximum absolute atomic E-state index is 13.0. The van der Waals surface area contributed by atoms with Crippen LogP contribution in [-0.4, -0.2) is 65.3 Å². The average Bonchev–Trinajstić information content (AvgIpc) is 3.21. The summed E-state index contributed by atoms with van der Waals surface area (Å²) in [5.41, 5.74) is 1.06. The predicted octanol–water partition coefficient (Wildman–Crippen LogP) is 2.94. The smallest absolute Gasteiger partial charge is 0.410 e. The topological polar surface area (TPSA) is 70.2 Å². The lowest BCUT2D eigenvalue weighted by Gasteiger charge is -2.35. The van der Waals surface area contributed by atoms with Gasteiger partial charge >= 0.3 is 6.09 Å². The van der Waals surface area contributed by atoms with Gasteiger partial charge in [-0.05, 0) is 24.6 Å².